The summed E-state index contributed by atoms with van der Waals surface area (Å²) < 4.78 is 13.8. The lowest BCUT2D eigenvalue weighted by Crippen LogP contribution is -2.26. The number of unbranched alkanes of at least 4 members (excludes halogenated alkanes) is 7. The Labute approximate surface area is 203 Å². The Morgan fingerprint density at radius 3 is 1.85 bits per heavy atom. The minimum Gasteiger partial charge on any atom is -0.206 e. The van der Waals surface area contributed by atoms with Crippen molar-refractivity contribution in [3.8, 4) is 6.07 Å². The van der Waals surface area contributed by atoms with Gasteiger partial charge in [0.25, 0.3) is 0 Å². The first kappa shape index (κ1) is 26.2. The number of nitriles is 1. The fraction of sp³-hybridized carbons (Fsp3) is 0.774. The van der Waals surface area contributed by atoms with Gasteiger partial charge in [-0.15, -0.1) is 0 Å². The zero-order valence-corrected chi connectivity index (χ0v) is 21.3. The fourth-order valence-corrected chi connectivity index (χ4v) is 6.64. The molecule has 1 nitrogen and oxygen atoms in total. The molecule has 2 saturated carbocycles. The van der Waals surface area contributed by atoms with E-state index in [9.17, 15) is 4.39 Å². The molecule has 2 aliphatic rings. The molecular weight excluding hydrogens is 405 g/mol. The summed E-state index contributed by atoms with van der Waals surface area (Å²) >= 11 is 0. The molecule has 0 aliphatic heterocycles. The molecule has 1 aromatic rings. The summed E-state index contributed by atoms with van der Waals surface area (Å²) in [5, 5.41) is 8.89. The molecule has 33 heavy (non-hydrogen) atoms. The molecule has 0 saturated heterocycles. The molecule has 0 aromatic heterocycles. The van der Waals surface area contributed by atoms with Crippen LogP contribution >= 0.6 is 0 Å². The number of hydrogen-bond donors (Lipinski definition) is 0. The van der Waals surface area contributed by atoms with Gasteiger partial charge in [-0.25, -0.2) is 4.39 Å². The molecule has 0 bridgehead atoms. The summed E-state index contributed by atoms with van der Waals surface area (Å²) in [4.78, 5) is 0. The minimum absolute atomic E-state index is 0.159. The van der Waals surface area contributed by atoms with E-state index in [0.29, 0.717) is 0 Å². The number of benzene rings is 1. The monoisotopic (exact) mass is 453 g/mol. The maximum Gasteiger partial charge on any atom is 0.141 e. The Balaban J connectivity index is 1.24. The first-order valence-electron chi connectivity index (χ1n) is 14.4. The normalized spacial score (nSPS) is 25.6. The van der Waals surface area contributed by atoms with Crippen LogP contribution in [0.25, 0.3) is 0 Å². The van der Waals surface area contributed by atoms with Crippen LogP contribution in [0.4, 0.5) is 4.39 Å². The zero-order valence-electron chi connectivity index (χ0n) is 21.3. The van der Waals surface area contributed by atoms with Gasteiger partial charge in [-0.3, -0.25) is 0 Å². The van der Waals surface area contributed by atoms with Crippen LogP contribution < -0.4 is 0 Å². The molecule has 0 spiro atoms. The third-order valence-corrected chi connectivity index (χ3v) is 8.91. The molecule has 3 rings (SSSR count). The highest BCUT2D eigenvalue weighted by atomic mass is 19.1. The Morgan fingerprint density at radius 1 is 0.758 bits per heavy atom. The number of nitrogens with zero attached hydrogens (tertiary/aromatic N) is 1. The van der Waals surface area contributed by atoms with Crippen molar-refractivity contribution in [2.24, 2.45) is 23.7 Å². The van der Waals surface area contributed by atoms with Crippen molar-refractivity contribution in [3.63, 3.8) is 0 Å². The summed E-state index contributed by atoms with van der Waals surface area (Å²) in [6.45, 7) is 2.30. The van der Waals surface area contributed by atoms with Crippen molar-refractivity contribution in [2.75, 3.05) is 0 Å². The SMILES string of the molecule is CCCCCCCCCC[C@H]1CC[C@H](C2CCC(CCc3ccc(C#N)c(F)c3)CC2)CC1. The molecule has 184 valence electrons. The molecule has 2 fully saturated rings. The van der Waals surface area contributed by atoms with Gasteiger partial charge in [0.1, 0.15) is 11.9 Å². The average Bonchev–Trinajstić information content (AvgIpc) is 2.85. The van der Waals surface area contributed by atoms with Gasteiger partial charge in [-0.05, 0) is 79.9 Å². The van der Waals surface area contributed by atoms with Crippen LogP contribution in [0, 0.1) is 40.8 Å². The number of hydrogen-bond acceptors (Lipinski definition) is 1. The molecule has 0 unspecified atom stereocenters. The van der Waals surface area contributed by atoms with Gasteiger partial charge in [0.15, 0.2) is 0 Å². The fourth-order valence-electron chi connectivity index (χ4n) is 6.64. The lowest BCUT2D eigenvalue weighted by atomic mass is 9.68. The maximum absolute atomic E-state index is 13.8. The van der Waals surface area contributed by atoms with E-state index in [1.807, 2.05) is 12.1 Å². The highest BCUT2D eigenvalue weighted by Crippen LogP contribution is 2.43. The Hall–Kier alpha value is -1.36. The van der Waals surface area contributed by atoms with Crippen LogP contribution in [0.1, 0.15) is 134 Å². The zero-order chi connectivity index (χ0) is 23.3. The van der Waals surface area contributed by atoms with Crippen molar-refractivity contribution in [3.05, 3.63) is 35.1 Å². The largest absolute Gasteiger partial charge is 0.206 e. The standard InChI is InChI=1S/C31H48FN/c1-2-3-4-5-6-7-8-9-10-25-13-18-28(19-14-25)29-20-15-26(16-21-29)11-12-27-17-22-30(24-33)31(32)23-27/h17,22-23,25-26,28-29H,2-16,18-21H2,1H3/t25-,26?,28-,29?. The van der Waals surface area contributed by atoms with Crippen molar-refractivity contribution < 1.29 is 4.39 Å². The predicted molar refractivity (Wildman–Crippen MR) is 138 cm³/mol. The molecule has 0 amide bonds. The summed E-state index contributed by atoms with van der Waals surface area (Å²) in [6.07, 6.45) is 26.6. The van der Waals surface area contributed by atoms with Crippen molar-refractivity contribution >= 4 is 0 Å². The van der Waals surface area contributed by atoms with Crippen LogP contribution in [-0.2, 0) is 6.42 Å². The lowest BCUT2D eigenvalue weighted by Gasteiger charge is -2.38. The third kappa shape index (κ3) is 9.07. The van der Waals surface area contributed by atoms with Gasteiger partial charge in [-0.2, -0.15) is 5.26 Å². The van der Waals surface area contributed by atoms with E-state index in [0.717, 1.165) is 35.7 Å². The van der Waals surface area contributed by atoms with Gasteiger partial charge >= 0.3 is 0 Å². The molecule has 2 aliphatic carbocycles. The smallest absolute Gasteiger partial charge is 0.141 e. The second-order valence-corrected chi connectivity index (χ2v) is 11.3. The first-order chi connectivity index (χ1) is 16.2. The Bertz CT molecular complexity index is 704. The highest BCUT2D eigenvalue weighted by molar-refractivity contribution is 5.33. The molecule has 2 heteroatoms. The second kappa shape index (κ2) is 14.8. The number of aryl methyl sites for hydroxylation is 1. The van der Waals surface area contributed by atoms with Crippen molar-refractivity contribution in [1.82, 2.24) is 0 Å². The van der Waals surface area contributed by atoms with E-state index in [1.165, 1.54) is 116 Å². The van der Waals surface area contributed by atoms with E-state index in [1.54, 1.807) is 12.1 Å². The Kier molecular flexibility index (Phi) is 11.8. The van der Waals surface area contributed by atoms with Gasteiger partial charge in [0.2, 0.25) is 0 Å². The van der Waals surface area contributed by atoms with Crippen LogP contribution in [0.3, 0.4) is 0 Å². The maximum atomic E-state index is 13.8. The highest BCUT2D eigenvalue weighted by Gasteiger charge is 2.30. The van der Waals surface area contributed by atoms with E-state index in [2.05, 4.69) is 6.92 Å². The predicted octanol–water partition coefficient (Wildman–Crippen LogP) is 9.77. The number of halogens is 1. The van der Waals surface area contributed by atoms with Crippen LogP contribution in [0.2, 0.25) is 0 Å². The lowest BCUT2D eigenvalue weighted by molar-refractivity contribution is 0.140. The quantitative estimate of drug-likeness (QED) is 0.273. The van der Waals surface area contributed by atoms with Crippen LogP contribution in [0.15, 0.2) is 18.2 Å². The molecular formula is C31H48FN. The van der Waals surface area contributed by atoms with Crippen molar-refractivity contribution in [2.45, 2.75) is 129 Å². The molecule has 1 aromatic carbocycles. The topological polar surface area (TPSA) is 23.8 Å². The van der Waals surface area contributed by atoms with Gasteiger partial charge in [-0.1, -0.05) is 96.5 Å². The first-order valence-corrected chi connectivity index (χ1v) is 14.4. The van der Waals surface area contributed by atoms with Gasteiger partial charge in [0.05, 0.1) is 5.56 Å². The van der Waals surface area contributed by atoms with E-state index in [-0.39, 0.29) is 11.4 Å². The van der Waals surface area contributed by atoms with Crippen molar-refractivity contribution in [1.29, 1.82) is 5.26 Å². The van der Waals surface area contributed by atoms with Crippen LogP contribution in [0.5, 0.6) is 0 Å². The third-order valence-electron chi connectivity index (χ3n) is 8.91. The average molecular weight is 454 g/mol. The summed E-state index contributed by atoms with van der Waals surface area (Å²) in [7, 11) is 0. The molecule has 0 radical (unpaired) electrons. The summed E-state index contributed by atoms with van der Waals surface area (Å²) in [5.74, 6) is 3.42. The molecule has 0 atom stereocenters. The van der Waals surface area contributed by atoms with E-state index in [4.69, 9.17) is 5.26 Å². The molecule has 0 heterocycles. The Morgan fingerprint density at radius 2 is 1.30 bits per heavy atom. The van der Waals surface area contributed by atoms with Gasteiger partial charge in [0, 0.05) is 0 Å². The molecule has 0 N–H and O–H groups in total. The summed E-state index contributed by atoms with van der Waals surface area (Å²) in [6, 6.07) is 7.04. The summed E-state index contributed by atoms with van der Waals surface area (Å²) in [5.41, 5.74) is 1.20. The van der Waals surface area contributed by atoms with E-state index < -0.39 is 0 Å². The van der Waals surface area contributed by atoms with Crippen LogP contribution in [-0.4, -0.2) is 0 Å². The van der Waals surface area contributed by atoms with E-state index >= 15 is 0 Å². The van der Waals surface area contributed by atoms with Gasteiger partial charge < -0.3 is 0 Å². The second-order valence-electron chi connectivity index (χ2n) is 11.3. The minimum atomic E-state index is -0.364. The number of rotatable bonds is 13.